The third kappa shape index (κ3) is 3.83. The quantitative estimate of drug-likeness (QED) is 0.832. The summed E-state index contributed by atoms with van der Waals surface area (Å²) in [6.45, 7) is 3.39. The van der Waals surface area contributed by atoms with E-state index in [2.05, 4.69) is 5.32 Å². The molecule has 3 nitrogen and oxygen atoms in total. The molecule has 0 aliphatic rings. The summed E-state index contributed by atoms with van der Waals surface area (Å²) in [7, 11) is 0. The SMILES string of the molecule is CC(C)(C(=O)Nc1cccc(C(F)(F)F)c1)c1ccc(N)cc1. The molecule has 3 N–H and O–H groups in total. The summed E-state index contributed by atoms with van der Waals surface area (Å²) in [6.07, 6.45) is -4.45. The molecule has 6 heteroatoms. The zero-order valence-electron chi connectivity index (χ0n) is 12.7. The highest BCUT2D eigenvalue weighted by Crippen LogP contribution is 2.31. The number of carbonyl (C=O) groups is 1. The highest BCUT2D eigenvalue weighted by atomic mass is 19.4. The first-order chi connectivity index (χ1) is 10.6. The maximum Gasteiger partial charge on any atom is 0.416 e. The summed E-state index contributed by atoms with van der Waals surface area (Å²) in [5.41, 5.74) is 5.30. The number of rotatable bonds is 3. The normalized spacial score (nSPS) is 12.0. The van der Waals surface area contributed by atoms with Crippen molar-refractivity contribution in [2.75, 3.05) is 11.1 Å². The number of halogens is 3. The molecule has 0 aliphatic carbocycles. The topological polar surface area (TPSA) is 55.1 Å². The van der Waals surface area contributed by atoms with Gasteiger partial charge in [-0.05, 0) is 49.7 Å². The lowest BCUT2D eigenvalue weighted by Gasteiger charge is -2.24. The third-order valence-electron chi connectivity index (χ3n) is 3.65. The van der Waals surface area contributed by atoms with Crippen molar-refractivity contribution < 1.29 is 18.0 Å². The number of anilines is 2. The molecule has 2 rings (SSSR count). The van der Waals surface area contributed by atoms with Crippen molar-refractivity contribution in [3.63, 3.8) is 0 Å². The van der Waals surface area contributed by atoms with Gasteiger partial charge in [-0.1, -0.05) is 18.2 Å². The fourth-order valence-corrected chi connectivity index (χ4v) is 2.09. The molecule has 2 aromatic carbocycles. The van der Waals surface area contributed by atoms with E-state index in [-0.39, 0.29) is 5.69 Å². The minimum Gasteiger partial charge on any atom is -0.399 e. The monoisotopic (exact) mass is 322 g/mol. The van der Waals surface area contributed by atoms with Gasteiger partial charge in [0.2, 0.25) is 5.91 Å². The van der Waals surface area contributed by atoms with Crippen LogP contribution < -0.4 is 11.1 Å². The van der Waals surface area contributed by atoms with Crippen LogP contribution in [0.25, 0.3) is 0 Å². The van der Waals surface area contributed by atoms with Crippen LogP contribution in [0.4, 0.5) is 24.5 Å². The molecule has 0 heterocycles. The van der Waals surface area contributed by atoms with Crippen LogP contribution in [-0.4, -0.2) is 5.91 Å². The van der Waals surface area contributed by atoms with E-state index in [1.807, 2.05) is 0 Å². The molecule has 0 unspecified atom stereocenters. The first-order valence-electron chi connectivity index (χ1n) is 6.95. The van der Waals surface area contributed by atoms with E-state index in [1.165, 1.54) is 12.1 Å². The molecule has 0 saturated carbocycles. The zero-order chi connectivity index (χ0) is 17.3. The summed E-state index contributed by atoms with van der Waals surface area (Å²) < 4.78 is 38.2. The molecular weight excluding hydrogens is 305 g/mol. The first kappa shape index (κ1) is 16.9. The van der Waals surface area contributed by atoms with Crippen molar-refractivity contribution in [2.24, 2.45) is 0 Å². The standard InChI is InChI=1S/C17H17F3N2O/c1-16(2,11-6-8-13(21)9-7-11)15(23)22-14-5-3-4-12(10-14)17(18,19)20/h3-10H,21H2,1-2H3,(H,22,23). The minimum atomic E-state index is -4.45. The number of alkyl halides is 3. The van der Waals surface area contributed by atoms with Crippen molar-refractivity contribution in [2.45, 2.75) is 25.4 Å². The van der Waals surface area contributed by atoms with Crippen LogP contribution in [0.1, 0.15) is 25.0 Å². The molecule has 0 bridgehead atoms. The van der Waals surface area contributed by atoms with E-state index in [1.54, 1.807) is 38.1 Å². The molecule has 2 aromatic rings. The van der Waals surface area contributed by atoms with Crippen LogP contribution in [0.2, 0.25) is 0 Å². The lowest BCUT2D eigenvalue weighted by molar-refractivity contribution is -0.137. The van der Waals surface area contributed by atoms with Gasteiger partial charge in [0.25, 0.3) is 0 Å². The van der Waals surface area contributed by atoms with Crippen LogP contribution in [0, 0.1) is 0 Å². The van der Waals surface area contributed by atoms with Crippen LogP contribution in [0.3, 0.4) is 0 Å². The Kier molecular flexibility index (Phi) is 4.36. The van der Waals surface area contributed by atoms with Gasteiger partial charge in [-0.15, -0.1) is 0 Å². The van der Waals surface area contributed by atoms with Gasteiger partial charge in [-0.3, -0.25) is 4.79 Å². The second kappa shape index (κ2) is 5.95. The molecule has 0 aromatic heterocycles. The summed E-state index contributed by atoms with van der Waals surface area (Å²) in [6, 6.07) is 11.4. The molecular formula is C17H17F3N2O. The molecule has 0 spiro atoms. The van der Waals surface area contributed by atoms with E-state index < -0.39 is 23.1 Å². The molecule has 0 aliphatic heterocycles. The van der Waals surface area contributed by atoms with Gasteiger partial charge in [0.15, 0.2) is 0 Å². The lowest BCUT2D eigenvalue weighted by atomic mass is 9.83. The number of hydrogen-bond donors (Lipinski definition) is 2. The van der Waals surface area contributed by atoms with E-state index in [9.17, 15) is 18.0 Å². The predicted octanol–water partition coefficient (Wildman–Crippen LogP) is 4.20. The summed E-state index contributed by atoms with van der Waals surface area (Å²) in [5.74, 6) is -0.401. The summed E-state index contributed by atoms with van der Waals surface area (Å²) in [4.78, 5) is 12.5. The molecule has 23 heavy (non-hydrogen) atoms. The first-order valence-corrected chi connectivity index (χ1v) is 6.95. The van der Waals surface area contributed by atoms with Crippen LogP contribution in [-0.2, 0) is 16.4 Å². The van der Waals surface area contributed by atoms with Gasteiger partial charge in [-0.25, -0.2) is 0 Å². The second-order valence-electron chi connectivity index (χ2n) is 5.78. The number of nitrogens with two attached hydrogens (primary N) is 1. The Morgan fingerprint density at radius 3 is 2.17 bits per heavy atom. The van der Waals surface area contributed by atoms with Gasteiger partial charge in [0.05, 0.1) is 11.0 Å². The van der Waals surface area contributed by atoms with Crippen molar-refractivity contribution in [1.29, 1.82) is 0 Å². The van der Waals surface area contributed by atoms with Crippen LogP contribution in [0.5, 0.6) is 0 Å². The summed E-state index contributed by atoms with van der Waals surface area (Å²) in [5, 5.41) is 2.54. The Morgan fingerprint density at radius 1 is 1.00 bits per heavy atom. The summed E-state index contributed by atoms with van der Waals surface area (Å²) >= 11 is 0. The molecule has 0 fully saturated rings. The number of amides is 1. The van der Waals surface area contributed by atoms with E-state index >= 15 is 0 Å². The van der Waals surface area contributed by atoms with E-state index in [4.69, 9.17) is 5.73 Å². The number of hydrogen-bond acceptors (Lipinski definition) is 2. The van der Waals surface area contributed by atoms with Crippen molar-refractivity contribution in [1.82, 2.24) is 0 Å². The molecule has 0 atom stereocenters. The smallest absolute Gasteiger partial charge is 0.399 e. The highest BCUT2D eigenvalue weighted by Gasteiger charge is 2.32. The Morgan fingerprint density at radius 2 is 1.61 bits per heavy atom. The molecule has 0 radical (unpaired) electrons. The van der Waals surface area contributed by atoms with E-state index in [0.29, 0.717) is 5.69 Å². The average Bonchev–Trinajstić information content (AvgIpc) is 2.47. The Bertz CT molecular complexity index is 707. The zero-order valence-corrected chi connectivity index (χ0v) is 12.7. The van der Waals surface area contributed by atoms with Crippen molar-refractivity contribution in [3.05, 3.63) is 59.7 Å². The van der Waals surface area contributed by atoms with Crippen molar-refractivity contribution in [3.8, 4) is 0 Å². The number of benzene rings is 2. The van der Waals surface area contributed by atoms with Crippen LogP contribution >= 0.6 is 0 Å². The number of nitrogen functional groups attached to an aromatic ring is 1. The fraction of sp³-hybridized carbons (Fsp3) is 0.235. The van der Waals surface area contributed by atoms with Gasteiger partial charge in [0, 0.05) is 11.4 Å². The van der Waals surface area contributed by atoms with Crippen molar-refractivity contribution >= 4 is 17.3 Å². The molecule has 122 valence electrons. The molecule has 1 amide bonds. The van der Waals surface area contributed by atoms with E-state index in [0.717, 1.165) is 17.7 Å². The highest BCUT2D eigenvalue weighted by molar-refractivity contribution is 5.98. The maximum atomic E-state index is 12.7. The van der Waals surface area contributed by atoms with Gasteiger partial charge < -0.3 is 11.1 Å². The minimum absolute atomic E-state index is 0.105. The Hall–Kier alpha value is -2.50. The lowest BCUT2D eigenvalue weighted by Crippen LogP contribution is -2.34. The maximum absolute atomic E-state index is 12.7. The second-order valence-corrected chi connectivity index (χ2v) is 5.78. The third-order valence-corrected chi connectivity index (χ3v) is 3.65. The number of nitrogens with one attached hydrogen (secondary N) is 1. The largest absolute Gasteiger partial charge is 0.416 e. The Balaban J connectivity index is 2.23. The van der Waals surface area contributed by atoms with Gasteiger partial charge in [0.1, 0.15) is 0 Å². The fourth-order valence-electron chi connectivity index (χ4n) is 2.09. The number of carbonyl (C=O) groups excluding carboxylic acids is 1. The average molecular weight is 322 g/mol. The predicted molar refractivity (Wildman–Crippen MR) is 84.0 cm³/mol. The molecule has 0 saturated heterocycles. The van der Waals surface area contributed by atoms with Gasteiger partial charge >= 0.3 is 6.18 Å². The van der Waals surface area contributed by atoms with Gasteiger partial charge in [-0.2, -0.15) is 13.2 Å². The van der Waals surface area contributed by atoms with Crippen LogP contribution in [0.15, 0.2) is 48.5 Å². The Labute approximate surface area is 132 Å².